The summed E-state index contributed by atoms with van der Waals surface area (Å²) in [5.74, 6) is -2.79. The van der Waals surface area contributed by atoms with Crippen LogP contribution in [0.3, 0.4) is 0 Å². The molecule has 0 bridgehead atoms. The number of carbonyl (C=O) groups is 2. The number of amides is 2. The third-order valence-electron chi connectivity index (χ3n) is 3.56. The Morgan fingerprint density at radius 1 is 1.18 bits per heavy atom. The van der Waals surface area contributed by atoms with Gasteiger partial charge < -0.3 is 15.0 Å². The van der Waals surface area contributed by atoms with Crippen LogP contribution in [0.15, 0.2) is 12.1 Å². The van der Waals surface area contributed by atoms with Gasteiger partial charge in [-0.05, 0) is 45.4 Å². The molecular formula is C18H25F4N3O3. The fraction of sp³-hybridized carbons (Fsp3) is 0.556. The van der Waals surface area contributed by atoms with Crippen LogP contribution in [0, 0.1) is 5.82 Å². The van der Waals surface area contributed by atoms with Crippen molar-refractivity contribution >= 4 is 23.4 Å². The van der Waals surface area contributed by atoms with E-state index in [1.165, 1.54) is 13.0 Å². The molecule has 0 saturated heterocycles. The number of hydrogen-bond donors (Lipinski definition) is 2. The van der Waals surface area contributed by atoms with Gasteiger partial charge in [0.05, 0.1) is 11.6 Å². The molecule has 0 radical (unpaired) electrons. The molecule has 0 saturated carbocycles. The standard InChI is InChI=1S/C18H25F4N3O3/c1-10(15(26)23-9-18(20,21)22)11-7-12(19)13(8-14(11)25(5)6)24-16(27)28-17(2,3)4/h7-8,10H,9H2,1-6H3,(H,23,26)(H,24,27). The molecule has 0 heterocycles. The van der Waals surface area contributed by atoms with Gasteiger partial charge in [0.25, 0.3) is 0 Å². The van der Waals surface area contributed by atoms with E-state index in [1.807, 2.05) is 0 Å². The van der Waals surface area contributed by atoms with Gasteiger partial charge in [-0.2, -0.15) is 13.2 Å². The number of alkyl halides is 3. The van der Waals surface area contributed by atoms with Crippen molar-refractivity contribution in [2.24, 2.45) is 0 Å². The van der Waals surface area contributed by atoms with E-state index in [2.05, 4.69) is 5.32 Å². The van der Waals surface area contributed by atoms with Crippen molar-refractivity contribution in [1.82, 2.24) is 5.32 Å². The zero-order valence-corrected chi connectivity index (χ0v) is 16.6. The largest absolute Gasteiger partial charge is 0.444 e. The molecule has 1 aromatic rings. The maximum Gasteiger partial charge on any atom is 0.412 e. The summed E-state index contributed by atoms with van der Waals surface area (Å²) in [6.07, 6.45) is -5.41. The summed E-state index contributed by atoms with van der Waals surface area (Å²) in [7, 11) is 3.24. The minimum Gasteiger partial charge on any atom is -0.444 e. The number of carbonyl (C=O) groups excluding carboxylic acids is 2. The van der Waals surface area contributed by atoms with Gasteiger partial charge in [0.1, 0.15) is 18.0 Å². The Morgan fingerprint density at radius 2 is 1.75 bits per heavy atom. The Kier molecular flexibility index (Phi) is 7.27. The molecule has 1 atom stereocenters. The average Bonchev–Trinajstić information content (AvgIpc) is 2.50. The summed E-state index contributed by atoms with van der Waals surface area (Å²) in [4.78, 5) is 25.5. The van der Waals surface area contributed by atoms with Gasteiger partial charge in [-0.15, -0.1) is 0 Å². The molecule has 0 aliphatic heterocycles. The summed E-state index contributed by atoms with van der Waals surface area (Å²) in [5, 5.41) is 4.07. The number of nitrogens with one attached hydrogen (secondary N) is 2. The maximum absolute atomic E-state index is 14.5. The topological polar surface area (TPSA) is 70.7 Å². The number of ether oxygens (including phenoxy) is 1. The number of halogens is 4. The summed E-state index contributed by atoms with van der Waals surface area (Å²) in [5.41, 5.74) is -0.417. The normalized spacial score (nSPS) is 12.9. The molecule has 1 unspecified atom stereocenters. The minimum absolute atomic E-state index is 0.176. The number of anilines is 2. The van der Waals surface area contributed by atoms with Crippen LogP contribution >= 0.6 is 0 Å². The molecule has 10 heteroatoms. The lowest BCUT2D eigenvalue weighted by atomic mass is 9.97. The zero-order chi connectivity index (χ0) is 21.9. The van der Waals surface area contributed by atoms with Crippen molar-refractivity contribution in [2.45, 2.75) is 45.4 Å². The van der Waals surface area contributed by atoms with Crippen LogP contribution in [-0.4, -0.2) is 44.4 Å². The van der Waals surface area contributed by atoms with Crippen LogP contribution in [0.2, 0.25) is 0 Å². The van der Waals surface area contributed by atoms with Crippen molar-refractivity contribution in [1.29, 1.82) is 0 Å². The van der Waals surface area contributed by atoms with Crippen molar-refractivity contribution in [3.63, 3.8) is 0 Å². The molecule has 1 rings (SSSR count). The van der Waals surface area contributed by atoms with Crippen LogP contribution < -0.4 is 15.5 Å². The molecule has 28 heavy (non-hydrogen) atoms. The van der Waals surface area contributed by atoms with E-state index in [0.717, 1.165) is 6.07 Å². The first-order valence-corrected chi connectivity index (χ1v) is 8.46. The summed E-state index contributed by atoms with van der Waals surface area (Å²) >= 11 is 0. The van der Waals surface area contributed by atoms with Crippen LogP contribution in [0.5, 0.6) is 0 Å². The molecule has 158 valence electrons. The smallest absolute Gasteiger partial charge is 0.412 e. The fourth-order valence-electron chi connectivity index (χ4n) is 2.30. The van der Waals surface area contributed by atoms with Gasteiger partial charge >= 0.3 is 12.3 Å². The van der Waals surface area contributed by atoms with Crippen molar-refractivity contribution < 1.29 is 31.9 Å². The third kappa shape index (κ3) is 7.24. The summed E-state index contributed by atoms with van der Waals surface area (Å²) < 4.78 is 56.5. The molecule has 0 aromatic heterocycles. The SMILES string of the molecule is CC(C(=O)NCC(F)(F)F)c1cc(F)c(NC(=O)OC(C)(C)C)cc1N(C)C. The molecule has 0 aliphatic rings. The van der Waals surface area contributed by atoms with E-state index in [9.17, 15) is 27.2 Å². The predicted molar refractivity (Wildman–Crippen MR) is 98.1 cm³/mol. The molecule has 6 nitrogen and oxygen atoms in total. The van der Waals surface area contributed by atoms with Gasteiger partial charge in [-0.1, -0.05) is 0 Å². The number of rotatable bonds is 5. The first kappa shape index (κ1) is 23.5. The molecule has 0 aliphatic carbocycles. The molecule has 2 amide bonds. The molecule has 1 aromatic carbocycles. The minimum atomic E-state index is -4.55. The van der Waals surface area contributed by atoms with Crippen molar-refractivity contribution in [2.75, 3.05) is 30.9 Å². The molecule has 0 spiro atoms. The summed E-state index contributed by atoms with van der Waals surface area (Å²) in [6, 6.07) is 2.31. The van der Waals surface area contributed by atoms with E-state index < -0.39 is 42.1 Å². The first-order valence-electron chi connectivity index (χ1n) is 8.46. The zero-order valence-electron chi connectivity index (χ0n) is 16.6. The fourth-order valence-corrected chi connectivity index (χ4v) is 2.30. The Balaban J connectivity index is 3.13. The van der Waals surface area contributed by atoms with E-state index in [1.54, 1.807) is 45.1 Å². The molecule has 2 N–H and O–H groups in total. The van der Waals surface area contributed by atoms with E-state index in [4.69, 9.17) is 4.74 Å². The molecule has 0 fully saturated rings. The van der Waals surface area contributed by atoms with Gasteiger partial charge in [0.2, 0.25) is 5.91 Å². The highest BCUT2D eigenvalue weighted by molar-refractivity contribution is 5.88. The van der Waals surface area contributed by atoms with E-state index in [-0.39, 0.29) is 11.3 Å². The van der Waals surface area contributed by atoms with Gasteiger partial charge in [-0.3, -0.25) is 10.1 Å². The Labute approximate surface area is 161 Å². The average molecular weight is 407 g/mol. The second-order valence-corrected chi connectivity index (χ2v) is 7.47. The van der Waals surface area contributed by atoms with Gasteiger partial charge in [0, 0.05) is 19.8 Å². The number of nitrogens with zero attached hydrogens (tertiary/aromatic N) is 1. The van der Waals surface area contributed by atoms with Gasteiger partial charge in [0.15, 0.2) is 0 Å². The van der Waals surface area contributed by atoms with Crippen LogP contribution in [0.25, 0.3) is 0 Å². The highest BCUT2D eigenvalue weighted by Gasteiger charge is 2.30. The number of benzene rings is 1. The Morgan fingerprint density at radius 3 is 2.21 bits per heavy atom. The van der Waals surface area contributed by atoms with E-state index >= 15 is 0 Å². The monoisotopic (exact) mass is 407 g/mol. The lowest BCUT2D eigenvalue weighted by Crippen LogP contribution is -2.36. The number of hydrogen-bond acceptors (Lipinski definition) is 4. The quantitative estimate of drug-likeness (QED) is 0.724. The predicted octanol–water partition coefficient (Wildman–Crippen LogP) is 4.02. The molecular weight excluding hydrogens is 382 g/mol. The van der Waals surface area contributed by atoms with Crippen LogP contribution in [-0.2, 0) is 9.53 Å². The first-order chi connectivity index (χ1) is 12.6. The lowest BCUT2D eigenvalue weighted by molar-refractivity contribution is -0.139. The maximum atomic E-state index is 14.5. The van der Waals surface area contributed by atoms with Crippen LogP contribution in [0.1, 0.15) is 39.2 Å². The van der Waals surface area contributed by atoms with Crippen molar-refractivity contribution in [3.05, 3.63) is 23.5 Å². The van der Waals surface area contributed by atoms with E-state index in [0.29, 0.717) is 5.69 Å². The lowest BCUT2D eigenvalue weighted by Gasteiger charge is -2.24. The van der Waals surface area contributed by atoms with Crippen molar-refractivity contribution in [3.8, 4) is 0 Å². The second-order valence-electron chi connectivity index (χ2n) is 7.47. The highest BCUT2D eigenvalue weighted by Crippen LogP contribution is 2.32. The van der Waals surface area contributed by atoms with Gasteiger partial charge in [-0.25, -0.2) is 9.18 Å². The summed E-state index contributed by atoms with van der Waals surface area (Å²) in [6.45, 7) is 4.85. The Bertz CT molecular complexity index is 728. The second kappa shape index (κ2) is 8.66. The highest BCUT2D eigenvalue weighted by atomic mass is 19.4. The van der Waals surface area contributed by atoms with Crippen LogP contribution in [0.4, 0.5) is 33.7 Å². The Hall–Kier alpha value is -2.52. The third-order valence-corrected chi connectivity index (χ3v) is 3.56.